The van der Waals surface area contributed by atoms with Crippen LogP contribution < -0.4 is 5.32 Å². The summed E-state index contributed by atoms with van der Waals surface area (Å²) in [4.78, 5) is 0. The van der Waals surface area contributed by atoms with Crippen LogP contribution in [-0.4, -0.2) is 22.9 Å². The number of benzene rings is 1. The molecule has 0 spiro atoms. The van der Waals surface area contributed by atoms with Crippen molar-refractivity contribution in [2.24, 2.45) is 0 Å². The monoisotopic (exact) mass is 209 g/mol. The number of aryl methyl sites for hydroxylation is 1. The van der Waals surface area contributed by atoms with Gasteiger partial charge in [0.25, 0.3) is 0 Å². The van der Waals surface area contributed by atoms with Crippen molar-refractivity contribution in [1.29, 1.82) is 0 Å². The number of phenolic OH excluding ortho intramolecular Hbond substituents is 1. The lowest BCUT2D eigenvalue weighted by Crippen LogP contribution is -2.26. The van der Waals surface area contributed by atoms with Crippen molar-refractivity contribution in [3.05, 3.63) is 29.3 Å². The lowest BCUT2D eigenvalue weighted by Gasteiger charge is -2.13. The van der Waals surface area contributed by atoms with Crippen LogP contribution in [0.3, 0.4) is 0 Å². The van der Waals surface area contributed by atoms with Crippen LogP contribution in [-0.2, 0) is 6.54 Å². The summed E-state index contributed by atoms with van der Waals surface area (Å²) in [6, 6.07) is 5.82. The second kappa shape index (κ2) is 5.73. The van der Waals surface area contributed by atoms with Gasteiger partial charge in [-0.1, -0.05) is 17.7 Å². The molecule has 1 atom stereocenters. The predicted octanol–water partition coefficient (Wildman–Crippen LogP) is 1.56. The third kappa shape index (κ3) is 3.90. The Morgan fingerprint density at radius 1 is 1.40 bits per heavy atom. The molecule has 1 rings (SSSR count). The lowest BCUT2D eigenvalue weighted by molar-refractivity contribution is 0.268. The van der Waals surface area contributed by atoms with Crippen molar-refractivity contribution < 1.29 is 10.2 Å². The molecule has 0 aliphatic rings. The van der Waals surface area contributed by atoms with Gasteiger partial charge in [-0.25, -0.2) is 0 Å². The largest absolute Gasteiger partial charge is 0.508 e. The maximum absolute atomic E-state index is 9.59. The molecule has 0 bridgehead atoms. The maximum Gasteiger partial charge on any atom is 0.120 e. The molecule has 0 saturated carbocycles. The van der Waals surface area contributed by atoms with E-state index in [1.807, 2.05) is 26.0 Å². The topological polar surface area (TPSA) is 52.5 Å². The summed E-state index contributed by atoms with van der Waals surface area (Å²) in [6.07, 6.45) is 0.729. The Labute approximate surface area is 90.8 Å². The highest BCUT2D eigenvalue weighted by Crippen LogP contribution is 2.17. The van der Waals surface area contributed by atoms with Gasteiger partial charge < -0.3 is 15.5 Å². The SMILES string of the molecule is Cc1ccc(O)c(CNC(C)CCO)c1. The summed E-state index contributed by atoms with van der Waals surface area (Å²) in [7, 11) is 0. The van der Waals surface area contributed by atoms with Crippen LogP contribution in [0.2, 0.25) is 0 Å². The first-order valence-electron chi connectivity index (χ1n) is 5.26. The van der Waals surface area contributed by atoms with E-state index in [0.717, 1.165) is 17.5 Å². The van der Waals surface area contributed by atoms with Crippen LogP contribution in [0.4, 0.5) is 0 Å². The summed E-state index contributed by atoms with van der Waals surface area (Å²) in [5.41, 5.74) is 2.04. The fourth-order valence-electron chi connectivity index (χ4n) is 1.44. The van der Waals surface area contributed by atoms with Crippen molar-refractivity contribution in [3.63, 3.8) is 0 Å². The van der Waals surface area contributed by atoms with Gasteiger partial charge in [0, 0.05) is 24.8 Å². The van der Waals surface area contributed by atoms with Gasteiger partial charge in [-0.05, 0) is 26.3 Å². The van der Waals surface area contributed by atoms with E-state index in [9.17, 15) is 5.11 Å². The normalized spacial score (nSPS) is 12.7. The van der Waals surface area contributed by atoms with Crippen molar-refractivity contribution in [3.8, 4) is 5.75 Å². The van der Waals surface area contributed by atoms with E-state index in [4.69, 9.17) is 5.11 Å². The molecule has 0 fully saturated rings. The fourth-order valence-corrected chi connectivity index (χ4v) is 1.44. The van der Waals surface area contributed by atoms with E-state index in [1.54, 1.807) is 6.07 Å². The molecule has 1 aromatic carbocycles. The van der Waals surface area contributed by atoms with Crippen LogP contribution in [0.15, 0.2) is 18.2 Å². The van der Waals surface area contributed by atoms with Crippen LogP contribution in [0.1, 0.15) is 24.5 Å². The molecule has 0 heterocycles. The van der Waals surface area contributed by atoms with Gasteiger partial charge in [0.1, 0.15) is 5.75 Å². The van der Waals surface area contributed by atoms with E-state index in [0.29, 0.717) is 12.3 Å². The highest BCUT2D eigenvalue weighted by Gasteiger charge is 2.04. The quantitative estimate of drug-likeness (QED) is 0.690. The van der Waals surface area contributed by atoms with E-state index in [2.05, 4.69) is 5.32 Å². The van der Waals surface area contributed by atoms with Crippen LogP contribution in [0.5, 0.6) is 5.75 Å². The fraction of sp³-hybridized carbons (Fsp3) is 0.500. The number of aromatic hydroxyl groups is 1. The zero-order valence-electron chi connectivity index (χ0n) is 9.33. The second-order valence-corrected chi connectivity index (χ2v) is 3.93. The zero-order valence-corrected chi connectivity index (χ0v) is 9.33. The third-order valence-corrected chi connectivity index (χ3v) is 2.44. The first-order chi connectivity index (χ1) is 7.13. The van der Waals surface area contributed by atoms with Gasteiger partial charge in [-0.15, -0.1) is 0 Å². The van der Waals surface area contributed by atoms with Crippen LogP contribution >= 0.6 is 0 Å². The molecule has 15 heavy (non-hydrogen) atoms. The van der Waals surface area contributed by atoms with E-state index in [-0.39, 0.29) is 12.6 Å². The molecule has 0 aliphatic carbocycles. The van der Waals surface area contributed by atoms with Gasteiger partial charge in [0.15, 0.2) is 0 Å². The zero-order chi connectivity index (χ0) is 11.3. The third-order valence-electron chi connectivity index (χ3n) is 2.44. The van der Waals surface area contributed by atoms with Gasteiger partial charge in [0.05, 0.1) is 0 Å². The molecule has 3 heteroatoms. The van der Waals surface area contributed by atoms with Crippen molar-refractivity contribution in [2.45, 2.75) is 32.9 Å². The number of rotatable bonds is 5. The number of hydrogen-bond donors (Lipinski definition) is 3. The minimum atomic E-state index is 0.188. The Hall–Kier alpha value is -1.06. The summed E-state index contributed by atoms with van der Waals surface area (Å²) in [5.74, 6) is 0.323. The summed E-state index contributed by atoms with van der Waals surface area (Å²) in [6.45, 7) is 4.84. The molecule has 1 unspecified atom stereocenters. The van der Waals surface area contributed by atoms with Gasteiger partial charge in [0.2, 0.25) is 0 Å². The molecule has 1 aromatic rings. The first kappa shape index (κ1) is 12.0. The van der Waals surface area contributed by atoms with Crippen molar-refractivity contribution >= 4 is 0 Å². The lowest BCUT2D eigenvalue weighted by atomic mass is 10.1. The average molecular weight is 209 g/mol. The Morgan fingerprint density at radius 3 is 2.80 bits per heavy atom. The second-order valence-electron chi connectivity index (χ2n) is 3.93. The number of hydrogen-bond acceptors (Lipinski definition) is 3. The minimum absolute atomic E-state index is 0.188. The predicted molar refractivity (Wildman–Crippen MR) is 60.8 cm³/mol. The molecular weight excluding hydrogens is 190 g/mol. The van der Waals surface area contributed by atoms with Gasteiger partial charge in [-0.3, -0.25) is 0 Å². The van der Waals surface area contributed by atoms with Crippen LogP contribution in [0.25, 0.3) is 0 Å². The molecule has 0 radical (unpaired) electrons. The first-order valence-corrected chi connectivity index (χ1v) is 5.26. The average Bonchev–Trinajstić information content (AvgIpc) is 2.20. The Morgan fingerprint density at radius 2 is 2.13 bits per heavy atom. The molecule has 0 aromatic heterocycles. The van der Waals surface area contributed by atoms with E-state index >= 15 is 0 Å². The van der Waals surface area contributed by atoms with Crippen molar-refractivity contribution in [1.82, 2.24) is 5.32 Å². The van der Waals surface area contributed by atoms with E-state index in [1.165, 1.54) is 0 Å². The van der Waals surface area contributed by atoms with Gasteiger partial charge in [-0.2, -0.15) is 0 Å². The highest BCUT2D eigenvalue weighted by molar-refractivity contribution is 5.35. The maximum atomic E-state index is 9.59. The Balaban J connectivity index is 2.53. The summed E-state index contributed by atoms with van der Waals surface area (Å²) < 4.78 is 0. The Bertz CT molecular complexity index is 312. The molecule has 0 aliphatic heterocycles. The number of phenols is 1. The Kier molecular flexibility index (Phi) is 4.59. The molecule has 3 nitrogen and oxygen atoms in total. The van der Waals surface area contributed by atoms with Crippen molar-refractivity contribution in [2.75, 3.05) is 6.61 Å². The molecule has 0 amide bonds. The standard InChI is InChI=1S/C12H19NO2/c1-9-3-4-12(15)11(7-9)8-13-10(2)5-6-14/h3-4,7,10,13-15H,5-6,8H2,1-2H3. The smallest absolute Gasteiger partial charge is 0.120 e. The van der Waals surface area contributed by atoms with Crippen LogP contribution in [0, 0.1) is 6.92 Å². The summed E-state index contributed by atoms with van der Waals surface area (Å²) >= 11 is 0. The molecule has 84 valence electrons. The summed E-state index contributed by atoms with van der Waals surface area (Å²) in [5, 5.41) is 21.6. The number of aliphatic hydroxyl groups excluding tert-OH is 1. The minimum Gasteiger partial charge on any atom is -0.508 e. The molecular formula is C12H19NO2. The number of nitrogens with one attached hydrogen (secondary N) is 1. The molecule has 0 saturated heterocycles. The number of aliphatic hydroxyl groups is 1. The van der Waals surface area contributed by atoms with Gasteiger partial charge >= 0.3 is 0 Å². The van der Waals surface area contributed by atoms with E-state index < -0.39 is 0 Å². The highest BCUT2D eigenvalue weighted by atomic mass is 16.3. The molecule has 3 N–H and O–H groups in total.